The lowest BCUT2D eigenvalue weighted by atomic mass is 9.88. The van der Waals surface area contributed by atoms with Gasteiger partial charge in [-0.1, -0.05) is 32.1 Å². The second-order valence-electron chi connectivity index (χ2n) is 5.75. The fraction of sp³-hybridized carbons (Fsp3) is 1.00. The molecule has 1 nitrogen and oxygen atoms in total. The van der Waals surface area contributed by atoms with Crippen LogP contribution in [0.5, 0.6) is 0 Å². The van der Waals surface area contributed by atoms with Gasteiger partial charge >= 0.3 is 0 Å². The molecule has 0 aromatic rings. The molecule has 0 aliphatic heterocycles. The van der Waals surface area contributed by atoms with E-state index in [1.54, 1.807) is 0 Å². The third-order valence-corrected chi connectivity index (χ3v) is 4.56. The minimum atomic E-state index is 0.773. The van der Waals surface area contributed by atoms with E-state index in [1.807, 2.05) is 0 Å². The van der Waals surface area contributed by atoms with E-state index in [-0.39, 0.29) is 0 Å². The van der Waals surface area contributed by atoms with Gasteiger partial charge in [0.05, 0.1) is 0 Å². The maximum Gasteiger partial charge on any atom is 0.00671 e. The molecule has 2 fully saturated rings. The summed E-state index contributed by atoms with van der Waals surface area (Å²) in [6, 6.07) is 0.773. The van der Waals surface area contributed by atoms with Crippen LogP contribution in [0.3, 0.4) is 0 Å². The molecule has 2 aliphatic carbocycles. The first kappa shape index (κ1) is 11.4. The van der Waals surface area contributed by atoms with E-state index in [1.165, 1.54) is 64.3 Å². The van der Waals surface area contributed by atoms with Crippen molar-refractivity contribution in [3.05, 3.63) is 0 Å². The number of nitrogens with one attached hydrogen (secondary N) is 1. The summed E-state index contributed by atoms with van der Waals surface area (Å²) >= 11 is 0. The highest BCUT2D eigenvalue weighted by Crippen LogP contribution is 2.28. The number of rotatable bonds is 4. The van der Waals surface area contributed by atoms with Crippen LogP contribution in [0, 0.1) is 11.8 Å². The molecule has 1 atom stereocenters. The molecule has 88 valence electrons. The molecule has 0 radical (unpaired) electrons. The molecule has 0 saturated heterocycles. The summed E-state index contributed by atoms with van der Waals surface area (Å²) in [5.74, 6) is 1.97. The van der Waals surface area contributed by atoms with Gasteiger partial charge in [-0.2, -0.15) is 0 Å². The Hall–Kier alpha value is -0.0400. The maximum absolute atomic E-state index is 3.79. The quantitative estimate of drug-likeness (QED) is 0.744. The zero-order valence-electron chi connectivity index (χ0n) is 10.3. The van der Waals surface area contributed by atoms with Crippen molar-refractivity contribution in [2.24, 2.45) is 11.8 Å². The van der Waals surface area contributed by atoms with Crippen molar-refractivity contribution in [1.82, 2.24) is 5.32 Å². The molecule has 2 saturated carbocycles. The Morgan fingerprint density at radius 3 is 2.20 bits per heavy atom. The molecule has 1 heteroatoms. The first-order chi connectivity index (χ1) is 7.36. The van der Waals surface area contributed by atoms with Crippen molar-refractivity contribution >= 4 is 0 Å². The van der Waals surface area contributed by atoms with Crippen molar-refractivity contribution in [2.45, 2.75) is 70.8 Å². The maximum atomic E-state index is 3.79. The Kier molecular flexibility index (Phi) is 4.49. The average Bonchev–Trinajstić information content (AvgIpc) is 2.81. The predicted molar refractivity (Wildman–Crippen MR) is 66.0 cm³/mol. The summed E-state index contributed by atoms with van der Waals surface area (Å²) in [6.45, 7) is 3.69. The molecule has 2 rings (SSSR count). The van der Waals surface area contributed by atoms with E-state index in [2.05, 4.69) is 12.2 Å². The van der Waals surface area contributed by atoms with Crippen LogP contribution < -0.4 is 5.32 Å². The monoisotopic (exact) mass is 209 g/mol. The summed E-state index contributed by atoms with van der Waals surface area (Å²) < 4.78 is 0. The van der Waals surface area contributed by atoms with E-state index in [4.69, 9.17) is 0 Å². The lowest BCUT2D eigenvalue weighted by Crippen LogP contribution is -2.36. The topological polar surface area (TPSA) is 12.0 Å². The molecule has 0 aromatic heterocycles. The SMILES string of the molecule is CC(NCC1CCCCC1)C1CCCC1. The van der Waals surface area contributed by atoms with Crippen LogP contribution in [0.2, 0.25) is 0 Å². The molecule has 1 N–H and O–H groups in total. The smallest absolute Gasteiger partial charge is 0.00671 e. The first-order valence-corrected chi connectivity index (χ1v) is 7.09. The highest BCUT2D eigenvalue weighted by atomic mass is 14.9. The van der Waals surface area contributed by atoms with Gasteiger partial charge in [-0.15, -0.1) is 0 Å². The third kappa shape index (κ3) is 3.48. The van der Waals surface area contributed by atoms with Crippen LogP contribution in [-0.2, 0) is 0 Å². The molecule has 2 aliphatic rings. The second kappa shape index (κ2) is 5.89. The minimum absolute atomic E-state index is 0.773. The molecule has 15 heavy (non-hydrogen) atoms. The lowest BCUT2D eigenvalue weighted by Gasteiger charge is -2.26. The van der Waals surface area contributed by atoms with Gasteiger partial charge < -0.3 is 5.32 Å². The number of hydrogen-bond acceptors (Lipinski definition) is 1. The normalized spacial score (nSPS) is 27.0. The molecular weight excluding hydrogens is 182 g/mol. The number of hydrogen-bond donors (Lipinski definition) is 1. The van der Waals surface area contributed by atoms with Crippen molar-refractivity contribution in [2.75, 3.05) is 6.54 Å². The molecule has 0 spiro atoms. The zero-order valence-corrected chi connectivity index (χ0v) is 10.3. The van der Waals surface area contributed by atoms with E-state index >= 15 is 0 Å². The summed E-state index contributed by atoms with van der Waals surface area (Å²) in [7, 11) is 0. The largest absolute Gasteiger partial charge is 0.314 e. The van der Waals surface area contributed by atoms with E-state index < -0.39 is 0 Å². The van der Waals surface area contributed by atoms with Gasteiger partial charge in [0.1, 0.15) is 0 Å². The zero-order chi connectivity index (χ0) is 10.5. The summed E-state index contributed by atoms with van der Waals surface area (Å²) in [6.07, 6.45) is 13.3. The standard InChI is InChI=1S/C14H27N/c1-12(14-9-5-6-10-14)15-11-13-7-3-2-4-8-13/h12-15H,2-11H2,1H3. The Morgan fingerprint density at radius 1 is 0.933 bits per heavy atom. The molecule has 0 heterocycles. The van der Waals surface area contributed by atoms with Gasteiger partial charge in [-0.3, -0.25) is 0 Å². The Morgan fingerprint density at radius 2 is 1.53 bits per heavy atom. The van der Waals surface area contributed by atoms with Crippen LogP contribution in [0.15, 0.2) is 0 Å². The van der Waals surface area contributed by atoms with Gasteiger partial charge in [-0.05, 0) is 51.0 Å². The van der Waals surface area contributed by atoms with Crippen LogP contribution in [-0.4, -0.2) is 12.6 Å². The van der Waals surface area contributed by atoms with Gasteiger partial charge in [0.2, 0.25) is 0 Å². The van der Waals surface area contributed by atoms with Crippen LogP contribution in [0.4, 0.5) is 0 Å². The van der Waals surface area contributed by atoms with Crippen molar-refractivity contribution in [3.8, 4) is 0 Å². The van der Waals surface area contributed by atoms with Gasteiger partial charge in [0.15, 0.2) is 0 Å². The van der Waals surface area contributed by atoms with Crippen molar-refractivity contribution < 1.29 is 0 Å². The van der Waals surface area contributed by atoms with Crippen molar-refractivity contribution in [1.29, 1.82) is 0 Å². The fourth-order valence-electron chi connectivity index (χ4n) is 3.37. The van der Waals surface area contributed by atoms with Gasteiger partial charge in [-0.25, -0.2) is 0 Å². The van der Waals surface area contributed by atoms with E-state index in [9.17, 15) is 0 Å². The highest BCUT2D eigenvalue weighted by Gasteiger charge is 2.22. The fourth-order valence-corrected chi connectivity index (χ4v) is 3.37. The van der Waals surface area contributed by atoms with Gasteiger partial charge in [0.25, 0.3) is 0 Å². The molecule has 0 amide bonds. The highest BCUT2D eigenvalue weighted by molar-refractivity contribution is 4.78. The molecule has 0 bridgehead atoms. The molecule has 1 unspecified atom stereocenters. The van der Waals surface area contributed by atoms with Gasteiger partial charge in [0, 0.05) is 6.04 Å². The summed E-state index contributed by atoms with van der Waals surface area (Å²) in [5, 5.41) is 3.79. The minimum Gasteiger partial charge on any atom is -0.314 e. The average molecular weight is 209 g/mol. The van der Waals surface area contributed by atoms with Crippen molar-refractivity contribution in [3.63, 3.8) is 0 Å². The van der Waals surface area contributed by atoms with E-state index in [0.29, 0.717) is 0 Å². The third-order valence-electron chi connectivity index (χ3n) is 4.56. The second-order valence-corrected chi connectivity index (χ2v) is 5.75. The Labute approximate surface area is 95.0 Å². The summed E-state index contributed by atoms with van der Waals surface area (Å²) in [4.78, 5) is 0. The van der Waals surface area contributed by atoms with Crippen LogP contribution in [0.1, 0.15) is 64.7 Å². The van der Waals surface area contributed by atoms with Crippen LogP contribution >= 0.6 is 0 Å². The lowest BCUT2D eigenvalue weighted by molar-refractivity contribution is 0.302. The molecule has 0 aromatic carbocycles. The van der Waals surface area contributed by atoms with E-state index in [0.717, 1.165) is 17.9 Å². The Bertz CT molecular complexity index is 166. The van der Waals surface area contributed by atoms with Crippen LogP contribution in [0.25, 0.3) is 0 Å². The Balaban J connectivity index is 1.63. The summed E-state index contributed by atoms with van der Waals surface area (Å²) in [5.41, 5.74) is 0. The predicted octanol–water partition coefficient (Wildman–Crippen LogP) is 3.74. The first-order valence-electron chi connectivity index (χ1n) is 7.09. The molecular formula is C14H27N.